The van der Waals surface area contributed by atoms with Crippen molar-refractivity contribution in [1.82, 2.24) is 0 Å². The van der Waals surface area contributed by atoms with Crippen LogP contribution in [-0.2, 0) is 0 Å². The fourth-order valence-electron chi connectivity index (χ4n) is 0.251. The Labute approximate surface area is 46.0 Å². The van der Waals surface area contributed by atoms with E-state index in [1.807, 2.05) is 0 Å². The van der Waals surface area contributed by atoms with E-state index in [0.717, 1.165) is 6.08 Å². The summed E-state index contributed by atoms with van der Waals surface area (Å²) in [6.45, 7) is 1.56. The van der Waals surface area contributed by atoms with Crippen molar-refractivity contribution in [2.45, 2.75) is 19.5 Å². The second-order valence-corrected chi connectivity index (χ2v) is 1.39. The van der Waals surface area contributed by atoms with Crippen LogP contribution in [0.15, 0.2) is 12.2 Å². The van der Waals surface area contributed by atoms with E-state index < -0.39 is 12.6 Å². The summed E-state index contributed by atoms with van der Waals surface area (Å²) in [7, 11) is 0. The van der Waals surface area contributed by atoms with Crippen LogP contribution in [-0.4, -0.2) is 6.18 Å². The van der Waals surface area contributed by atoms with Gasteiger partial charge in [-0.15, -0.1) is 0 Å². The lowest BCUT2D eigenvalue weighted by molar-refractivity contribution is -0.125. The molecular formula is C5H7F3. The lowest BCUT2D eigenvalue weighted by atomic mass is 10.4. The molecule has 48 valence electrons. The fourth-order valence-corrected chi connectivity index (χ4v) is 0.251. The standard InChI is InChI=1S/C5H7F3/c1-2-3-4-5(6,7)8/h2-3H,4H2,1H3/b3-2+. The first-order valence-corrected chi connectivity index (χ1v) is 2.24. The molecule has 0 amide bonds. The molecule has 0 unspecified atom stereocenters. The van der Waals surface area contributed by atoms with Crippen molar-refractivity contribution in [2.75, 3.05) is 0 Å². The van der Waals surface area contributed by atoms with Crippen molar-refractivity contribution in [3.05, 3.63) is 12.2 Å². The first-order valence-electron chi connectivity index (χ1n) is 2.24. The van der Waals surface area contributed by atoms with Crippen LogP contribution < -0.4 is 0 Å². The first-order chi connectivity index (χ1) is 3.56. The highest BCUT2D eigenvalue weighted by Crippen LogP contribution is 2.19. The maximum Gasteiger partial charge on any atom is 0.392 e. The third-order valence-electron chi connectivity index (χ3n) is 0.585. The molecule has 0 rings (SSSR count). The Bertz CT molecular complexity index is 80.2. The number of hydrogen-bond donors (Lipinski definition) is 0. The van der Waals surface area contributed by atoms with Crippen molar-refractivity contribution in [1.29, 1.82) is 0 Å². The average molecular weight is 124 g/mol. The monoisotopic (exact) mass is 124 g/mol. The maximum absolute atomic E-state index is 11.2. The lowest BCUT2D eigenvalue weighted by Crippen LogP contribution is -2.03. The minimum absolute atomic E-state index is 0.816. The Morgan fingerprint density at radius 1 is 1.38 bits per heavy atom. The molecule has 0 heterocycles. The van der Waals surface area contributed by atoms with Crippen LogP contribution in [0.1, 0.15) is 13.3 Å². The van der Waals surface area contributed by atoms with Gasteiger partial charge in [0.05, 0.1) is 6.42 Å². The predicted octanol–water partition coefficient (Wildman–Crippen LogP) is 2.51. The van der Waals surface area contributed by atoms with Crippen LogP contribution in [0.4, 0.5) is 13.2 Å². The first kappa shape index (κ1) is 7.53. The molecule has 0 saturated carbocycles. The van der Waals surface area contributed by atoms with Gasteiger partial charge in [0.1, 0.15) is 0 Å². The Morgan fingerprint density at radius 3 is 2.00 bits per heavy atom. The second-order valence-electron chi connectivity index (χ2n) is 1.39. The van der Waals surface area contributed by atoms with Crippen molar-refractivity contribution >= 4 is 0 Å². The summed E-state index contributed by atoms with van der Waals surface area (Å²) in [6.07, 6.45) is -2.39. The molecule has 0 N–H and O–H groups in total. The topological polar surface area (TPSA) is 0 Å². The number of allylic oxidation sites excluding steroid dienone is 2. The third kappa shape index (κ3) is 5.53. The zero-order chi connectivity index (χ0) is 6.62. The molecule has 0 saturated heterocycles. The molecule has 0 nitrogen and oxygen atoms in total. The van der Waals surface area contributed by atoms with Crippen LogP contribution in [0.5, 0.6) is 0 Å². The van der Waals surface area contributed by atoms with Gasteiger partial charge in [0.2, 0.25) is 0 Å². The normalized spacial score (nSPS) is 13.0. The molecule has 0 spiro atoms. The van der Waals surface area contributed by atoms with E-state index in [-0.39, 0.29) is 0 Å². The van der Waals surface area contributed by atoms with Crippen LogP contribution in [0.3, 0.4) is 0 Å². The van der Waals surface area contributed by atoms with Gasteiger partial charge >= 0.3 is 6.18 Å². The Balaban J connectivity index is 3.39. The summed E-state index contributed by atoms with van der Waals surface area (Å²) in [4.78, 5) is 0. The summed E-state index contributed by atoms with van der Waals surface area (Å²) in [6, 6.07) is 0. The maximum atomic E-state index is 11.2. The fraction of sp³-hybridized carbons (Fsp3) is 0.600. The van der Waals surface area contributed by atoms with E-state index in [1.165, 1.54) is 6.08 Å². The molecule has 0 bridgehead atoms. The van der Waals surface area contributed by atoms with E-state index in [9.17, 15) is 13.2 Å². The molecule has 0 aliphatic carbocycles. The van der Waals surface area contributed by atoms with Crippen LogP contribution in [0.25, 0.3) is 0 Å². The molecule has 0 radical (unpaired) electrons. The molecule has 0 aliphatic heterocycles. The van der Waals surface area contributed by atoms with Gasteiger partial charge in [0, 0.05) is 0 Å². The van der Waals surface area contributed by atoms with Gasteiger partial charge in [-0.05, 0) is 6.92 Å². The SMILES string of the molecule is C/C=C/CC(F)(F)F. The smallest absolute Gasteiger partial charge is 0.171 e. The number of halogens is 3. The van der Waals surface area contributed by atoms with E-state index in [1.54, 1.807) is 6.92 Å². The van der Waals surface area contributed by atoms with Gasteiger partial charge in [0.15, 0.2) is 0 Å². The minimum atomic E-state index is -4.04. The zero-order valence-corrected chi connectivity index (χ0v) is 4.50. The minimum Gasteiger partial charge on any atom is -0.171 e. The Morgan fingerprint density at radius 2 is 1.88 bits per heavy atom. The summed E-state index contributed by atoms with van der Waals surface area (Å²) in [5.74, 6) is 0. The third-order valence-corrected chi connectivity index (χ3v) is 0.585. The largest absolute Gasteiger partial charge is 0.392 e. The number of rotatable bonds is 1. The Kier molecular flexibility index (Phi) is 2.58. The molecule has 0 aromatic heterocycles. The highest BCUT2D eigenvalue weighted by molar-refractivity contribution is 4.79. The zero-order valence-electron chi connectivity index (χ0n) is 4.50. The summed E-state index contributed by atoms with van der Waals surface area (Å²) in [5.41, 5.74) is 0. The molecule has 0 atom stereocenters. The number of hydrogen-bond acceptors (Lipinski definition) is 0. The summed E-state index contributed by atoms with van der Waals surface area (Å²) in [5, 5.41) is 0. The summed E-state index contributed by atoms with van der Waals surface area (Å²) >= 11 is 0. The van der Waals surface area contributed by atoms with Crippen LogP contribution >= 0.6 is 0 Å². The van der Waals surface area contributed by atoms with Gasteiger partial charge in [-0.1, -0.05) is 12.2 Å². The van der Waals surface area contributed by atoms with Gasteiger partial charge in [-0.25, -0.2) is 0 Å². The average Bonchev–Trinajstić information content (AvgIpc) is 1.59. The highest BCUT2D eigenvalue weighted by Gasteiger charge is 2.24. The molecule has 0 aliphatic rings. The lowest BCUT2D eigenvalue weighted by Gasteiger charge is -1.98. The van der Waals surface area contributed by atoms with E-state index in [0.29, 0.717) is 0 Å². The van der Waals surface area contributed by atoms with Gasteiger partial charge in [0.25, 0.3) is 0 Å². The van der Waals surface area contributed by atoms with Gasteiger partial charge in [-0.3, -0.25) is 0 Å². The molecule has 3 heteroatoms. The van der Waals surface area contributed by atoms with Crippen molar-refractivity contribution in [3.8, 4) is 0 Å². The van der Waals surface area contributed by atoms with Crippen molar-refractivity contribution in [2.24, 2.45) is 0 Å². The predicted molar refractivity (Wildman–Crippen MR) is 25.5 cm³/mol. The molecular weight excluding hydrogens is 117 g/mol. The highest BCUT2D eigenvalue weighted by atomic mass is 19.4. The molecule has 8 heavy (non-hydrogen) atoms. The van der Waals surface area contributed by atoms with E-state index in [2.05, 4.69) is 0 Å². The van der Waals surface area contributed by atoms with Gasteiger partial charge < -0.3 is 0 Å². The van der Waals surface area contributed by atoms with Gasteiger partial charge in [-0.2, -0.15) is 13.2 Å². The number of alkyl halides is 3. The summed E-state index contributed by atoms with van der Waals surface area (Å²) < 4.78 is 33.6. The van der Waals surface area contributed by atoms with Crippen molar-refractivity contribution in [3.63, 3.8) is 0 Å². The quantitative estimate of drug-likeness (QED) is 0.471. The molecule has 0 aromatic rings. The van der Waals surface area contributed by atoms with E-state index in [4.69, 9.17) is 0 Å². The van der Waals surface area contributed by atoms with Crippen molar-refractivity contribution < 1.29 is 13.2 Å². The second kappa shape index (κ2) is 2.74. The molecule has 0 fully saturated rings. The van der Waals surface area contributed by atoms with Crippen LogP contribution in [0.2, 0.25) is 0 Å². The van der Waals surface area contributed by atoms with E-state index >= 15 is 0 Å². The Hall–Kier alpha value is -0.470. The van der Waals surface area contributed by atoms with Crippen LogP contribution in [0, 0.1) is 0 Å². The molecule has 0 aromatic carbocycles.